The van der Waals surface area contributed by atoms with Crippen LogP contribution in [-0.4, -0.2) is 57.1 Å². The van der Waals surface area contributed by atoms with Crippen LogP contribution in [0.25, 0.3) is 0 Å². The van der Waals surface area contributed by atoms with Gasteiger partial charge in [-0.1, -0.05) is 19.1 Å². The Bertz CT molecular complexity index is 530. The topological polar surface area (TPSA) is 66.0 Å². The summed E-state index contributed by atoms with van der Waals surface area (Å²) in [6.07, 6.45) is 1.86. The quantitative estimate of drug-likeness (QED) is 0.532. The lowest BCUT2D eigenvalue weighted by atomic mass is 10.1. The highest BCUT2D eigenvalue weighted by Gasteiger charge is 2.04. The summed E-state index contributed by atoms with van der Waals surface area (Å²) in [4.78, 5) is 17.5. The van der Waals surface area contributed by atoms with Crippen LogP contribution in [0.2, 0.25) is 0 Å². The minimum atomic E-state index is -0.0204. The van der Waals surface area contributed by atoms with Gasteiger partial charge in [-0.2, -0.15) is 0 Å². The SMILES string of the molecule is CCCOc1cccc(CCNC(=NCC(=O)N(C)C)NCC)c1. The average Bonchev–Trinajstić information content (AvgIpc) is 2.57. The van der Waals surface area contributed by atoms with E-state index in [4.69, 9.17) is 4.74 Å². The number of nitrogens with zero attached hydrogens (tertiary/aromatic N) is 2. The minimum Gasteiger partial charge on any atom is -0.494 e. The summed E-state index contributed by atoms with van der Waals surface area (Å²) in [5.74, 6) is 1.55. The lowest BCUT2D eigenvalue weighted by molar-refractivity contribution is -0.127. The standard InChI is InChI=1S/C18H30N4O2/c1-5-12-24-16-9-7-8-15(13-16)10-11-20-18(19-6-2)21-14-17(23)22(3)4/h7-9,13H,5-6,10-12,14H2,1-4H3,(H2,19,20,21). The van der Waals surface area contributed by atoms with Gasteiger partial charge in [0.15, 0.2) is 5.96 Å². The fourth-order valence-electron chi connectivity index (χ4n) is 1.97. The summed E-state index contributed by atoms with van der Waals surface area (Å²) in [6, 6.07) is 8.14. The van der Waals surface area contributed by atoms with Crippen molar-refractivity contribution >= 4 is 11.9 Å². The molecule has 0 unspecified atom stereocenters. The Kier molecular flexibility index (Phi) is 9.34. The maximum absolute atomic E-state index is 11.6. The van der Waals surface area contributed by atoms with Gasteiger partial charge < -0.3 is 20.3 Å². The number of benzene rings is 1. The second-order valence-electron chi connectivity index (χ2n) is 5.66. The first kappa shape index (κ1) is 19.8. The average molecular weight is 334 g/mol. The van der Waals surface area contributed by atoms with Crippen molar-refractivity contribution in [2.45, 2.75) is 26.7 Å². The van der Waals surface area contributed by atoms with Gasteiger partial charge in [0, 0.05) is 27.2 Å². The van der Waals surface area contributed by atoms with Crippen molar-refractivity contribution in [3.63, 3.8) is 0 Å². The number of ether oxygens (including phenoxy) is 1. The van der Waals surface area contributed by atoms with Crippen LogP contribution in [0.1, 0.15) is 25.8 Å². The molecule has 0 aromatic heterocycles. The Labute approximate surface area is 145 Å². The summed E-state index contributed by atoms with van der Waals surface area (Å²) in [7, 11) is 3.46. The van der Waals surface area contributed by atoms with Gasteiger partial charge in [0.2, 0.25) is 5.91 Å². The molecule has 0 aliphatic carbocycles. The Morgan fingerprint density at radius 2 is 2.04 bits per heavy atom. The van der Waals surface area contributed by atoms with Crippen molar-refractivity contribution in [1.29, 1.82) is 0 Å². The van der Waals surface area contributed by atoms with Crippen molar-refractivity contribution in [2.75, 3.05) is 40.3 Å². The van der Waals surface area contributed by atoms with E-state index in [0.29, 0.717) is 5.96 Å². The molecule has 0 spiro atoms. The molecular formula is C18H30N4O2. The van der Waals surface area contributed by atoms with Gasteiger partial charge >= 0.3 is 0 Å². The van der Waals surface area contributed by atoms with Crippen molar-refractivity contribution < 1.29 is 9.53 Å². The van der Waals surface area contributed by atoms with Gasteiger partial charge in [-0.15, -0.1) is 0 Å². The molecule has 1 rings (SSSR count). The molecule has 0 atom stereocenters. The van der Waals surface area contributed by atoms with E-state index in [1.165, 1.54) is 10.5 Å². The van der Waals surface area contributed by atoms with Gasteiger partial charge in [-0.25, -0.2) is 4.99 Å². The normalized spacial score (nSPS) is 11.1. The second-order valence-corrected chi connectivity index (χ2v) is 5.66. The van der Waals surface area contributed by atoms with Crippen LogP contribution in [0.5, 0.6) is 5.75 Å². The highest BCUT2D eigenvalue weighted by molar-refractivity contribution is 5.84. The lowest BCUT2D eigenvalue weighted by Crippen LogP contribution is -2.39. The highest BCUT2D eigenvalue weighted by atomic mass is 16.5. The summed E-state index contributed by atoms with van der Waals surface area (Å²) in [6.45, 7) is 6.46. The molecule has 6 nitrogen and oxygen atoms in total. The highest BCUT2D eigenvalue weighted by Crippen LogP contribution is 2.13. The molecule has 134 valence electrons. The molecule has 1 aromatic rings. The third-order valence-corrected chi connectivity index (χ3v) is 3.29. The molecule has 6 heteroatoms. The molecule has 0 radical (unpaired) electrons. The van der Waals surface area contributed by atoms with Crippen LogP contribution < -0.4 is 15.4 Å². The summed E-state index contributed by atoms with van der Waals surface area (Å²) in [5.41, 5.74) is 1.20. The van der Waals surface area contributed by atoms with E-state index in [9.17, 15) is 4.79 Å². The van der Waals surface area contributed by atoms with Gasteiger partial charge in [0.05, 0.1) is 6.61 Å². The van der Waals surface area contributed by atoms with Crippen LogP contribution in [0.15, 0.2) is 29.3 Å². The van der Waals surface area contributed by atoms with Crippen LogP contribution in [0, 0.1) is 0 Å². The van der Waals surface area contributed by atoms with Crippen LogP contribution in [0.4, 0.5) is 0 Å². The van der Waals surface area contributed by atoms with E-state index in [1.54, 1.807) is 14.1 Å². The predicted molar refractivity (Wildman–Crippen MR) is 98.6 cm³/mol. The number of hydrogen-bond donors (Lipinski definition) is 2. The molecule has 1 amide bonds. The maximum atomic E-state index is 11.6. The molecule has 0 aliphatic rings. The molecular weight excluding hydrogens is 304 g/mol. The van der Waals surface area contributed by atoms with E-state index >= 15 is 0 Å². The summed E-state index contributed by atoms with van der Waals surface area (Å²) in [5, 5.41) is 6.40. The largest absolute Gasteiger partial charge is 0.494 e. The second kappa shape index (κ2) is 11.3. The molecule has 0 fully saturated rings. The molecule has 24 heavy (non-hydrogen) atoms. The maximum Gasteiger partial charge on any atom is 0.243 e. The fourth-order valence-corrected chi connectivity index (χ4v) is 1.97. The Morgan fingerprint density at radius 3 is 2.71 bits per heavy atom. The fraction of sp³-hybridized carbons (Fsp3) is 0.556. The molecule has 0 bridgehead atoms. The van der Waals surface area contributed by atoms with Crippen molar-refractivity contribution in [2.24, 2.45) is 4.99 Å². The third kappa shape index (κ3) is 7.85. The Hall–Kier alpha value is -2.24. The Morgan fingerprint density at radius 1 is 1.25 bits per heavy atom. The molecule has 0 saturated carbocycles. The van der Waals surface area contributed by atoms with E-state index < -0.39 is 0 Å². The van der Waals surface area contributed by atoms with E-state index in [-0.39, 0.29) is 12.5 Å². The zero-order chi connectivity index (χ0) is 17.8. The molecule has 0 saturated heterocycles. The minimum absolute atomic E-state index is 0.0204. The van der Waals surface area contributed by atoms with Gasteiger partial charge in [0.1, 0.15) is 12.3 Å². The van der Waals surface area contributed by atoms with Gasteiger partial charge in [-0.05, 0) is 37.5 Å². The number of guanidine groups is 1. The molecule has 0 heterocycles. The zero-order valence-electron chi connectivity index (χ0n) is 15.3. The number of rotatable bonds is 9. The first-order valence-electron chi connectivity index (χ1n) is 8.50. The molecule has 2 N–H and O–H groups in total. The molecule has 1 aromatic carbocycles. The number of carbonyl (C=O) groups is 1. The number of carbonyl (C=O) groups excluding carboxylic acids is 1. The van der Waals surface area contributed by atoms with E-state index in [1.807, 2.05) is 19.1 Å². The number of nitrogens with one attached hydrogen (secondary N) is 2. The smallest absolute Gasteiger partial charge is 0.243 e. The van der Waals surface area contributed by atoms with Crippen LogP contribution >= 0.6 is 0 Å². The number of likely N-dealkylation sites (N-methyl/N-ethyl adjacent to an activating group) is 1. The van der Waals surface area contributed by atoms with Crippen molar-refractivity contribution in [3.8, 4) is 5.75 Å². The zero-order valence-corrected chi connectivity index (χ0v) is 15.3. The summed E-state index contributed by atoms with van der Waals surface area (Å²) < 4.78 is 5.65. The number of hydrogen-bond acceptors (Lipinski definition) is 3. The monoisotopic (exact) mass is 334 g/mol. The van der Waals surface area contributed by atoms with Crippen molar-refractivity contribution in [3.05, 3.63) is 29.8 Å². The summed E-state index contributed by atoms with van der Waals surface area (Å²) >= 11 is 0. The number of aliphatic imine (C=N–C) groups is 1. The van der Waals surface area contributed by atoms with E-state index in [2.05, 4.69) is 34.7 Å². The Balaban J connectivity index is 2.50. The van der Waals surface area contributed by atoms with Crippen LogP contribution in [-0.2, 0) is 11.2 Å². The van der Waals surface area contributed by atoms with Gasteiger partial charge in [-0.3, -0.25) is 4.79 Å². The van der Waals surface area contributed by atoms with Crippen molar-refractivity contribution in [1.82, 2.24) is 15.5 Å². The first-order chi connectivity index (χ1) is 11.6. The van der Waals surface area contributed by atoms with E-state index in [0.717, 1.165) is 38.3 Å². The number of amides is 1. The third-order valence-electron chi connectivity index (χ3n) is 3.29. The van der Waals surface area contributed by atoms with Crippen LogP contribution in [0.3, 0.4) is 0 Å². The first-order valence-corrected chi connectivity index (χ1v) is 8.50. The lowest BCUT2D eigenvalue weighted by Gasteiger charge is -2.13. The predicted octanol–water partition coefficient (Wildman–Crippen LogP) is 1.66. The molecule has 0 aliphatic heterocycles. The van der Waals surface area contributed by atoms with Gasteiger partial charge in [0.25, 0.3) is 0 Å².